The SMILES string of the molecule is O=C(c1ccccc1F)N1CCCC(c2nc3ccccc3s2)C1. The maximum atomic E-state index is 13.9. The molecule has 1 aromatic heterocycles. The lowest BCUT2D eigenvalue weighted by molar-refractivity contribution is 0.0702. The quantitative estimate of drug-likeness (QED) is 0.690. The van der Waals surface area contributed by atoms with Gasteiger partial charge < -0.3 is 4.90 Å². The van der Waals surface area contributed by atoms with Gasteiger partial charge in [0.1, 0.15) is 5.82 Å². The average molecular weight is 340 g/mol. The molecule has 1 aliphatic heterocycles. The zero-order valence-corrected chi connectivity index (χ0v) is 13.9. The largest absolute Gasteiger partial charge is 0.338 e. The third-order valence-corrected chi connectivity index (χ3v) is 5.67. The van der Waals surface area contributed by atoms with E-state index in [-0.39, 0.29) is 17.4 Å². The molecule has 0 saturated carbocycles. The van der Waals surface area contributed by atoms with Gasteiger partial charge in [-0.1, -0.05) is 24.3 Å². The Balaban J connectivity index is 1.57. The van der Waals surface area contributed by atoms with E-state index < -0.39 is 5.82 Å². The lowest BCUT2D eigenvalue weighted by atomic mass is 9.98. The molecule has 4 rings (SSSR count). The number of rotatable bonds is 2. The number of halogens is 1. The number of carbonyl (C=O) groups is 1. The van der Waals surface area contributed by atoms with Crippen LogP contribution in [0.15, 0.2) is 48.5 Å². The van der Waals surface area contributed by atoms with Crippen LogP contribution in [0.5, 0.6) is 0 Å². The zero-order valence-electron chi connectivity index (χ0n) is 13.1. The standard InChI is InChI=1S/C19H17FN2OS/c20-15-8-2-1-7-14(15)19(23)22-11-5-6-13(12-22)18-21-16-9-3-4-10-17(16)24-18/h1-4,7-10,13H,5-6,11-12H2. The highest BCUT2D eigenvalue weighted by Crippen LogP contribution is 2.33. The van der Waals surface area contributed by atoms with Crippen molar-refractivity contribution >= 4 is 27.5 Å². The van der Waals surface area contributed by atoms with E-state index in [2.05, 4.69) is 6.07 Å². The second-order valence-electron chi connectivity index (χ2n) is 6.09. The monoisotopic (exact) mass is 340 g/mol. The number of amides is 1. The van der Waals surface area contributed by atoms with E-state index in [1.54, 1.807) is 34.4 Å². The van der Waals surface area contributed by atoms with E-state index in [1.807, 2.05) is 18.2 Å². The van der Waals surface area contributed by atoms with Crippen LogP contribution in [0.4, 0.5) is 4.39 Å². The predicted octanol–water partition coefficient (Wildman–Crippen LogP) is 4.46. The van der Waals surface area contributed by atoms with Crippen LogP contribution in [0.1, 0.15) is 34.1 Å². The summed E-state index contributed by atoms with van der Waals surface area (Å²) < 4.78 is 15.1. The number of aromatic nitrogens is 1. The fourth-order valence-corrected chi connectivity index (χ4v) is 4.33. The minimum atomic E-state index is -0.454. The molecule has 122 valence electrons. The van der Waals surface area contributed by atoms with Crippen molar-refractivity contribution in [3.05, 3.63) is 64.9 Å². The molecule has 2 heterocycles. The van der Waals surface area contributed by atoms with Crippen molar-refractivity contribution in [3.8, 4) is 0 Å². The topological polar surface area (TPSA) is 33.2 Å². The first-order valence-electron chi connectivity index (χ1n) is 8.11. The Hall–Kier alpha value is -2.27. The summed E-state index contributed by atoms with van der Waals surface area (Å²) in [4.78, 5) is 19.1. The predicted molar refractivity (Wildman–Crippen MR) is 93.9 cm³/mol. The van der Waals surface area contributed by atoms with Gasteiger partial charge in [0.05, 0.1) is 20.8 Å². The fourth-order valence-electron chi connectivity index (χ4n) is 3.23. The summed E-state index contributed by atoms with van der Waals surface area (Å²) in [5.74, 6) is -0.449. The number of para-hydroxylation sites is 1. The second kappa shape index (κ2) is 6.32. The first-order chi connectivity index (χ1) is 11.7. The molecule has 1 aliphatic rings. The van der Waals surface area contributed by atoms with Gasteiger partial charge in [-0.2, -0.15) is 0 Å². The van der Waals surface area contributed by atoms with E-state index in [9.17, 15) is 9.18 Å². The molecule has 0 bridgehead atoms. The van der Waals surface area contributed by atoms with Gasteiger partial charge in [-0.15, -0.1) is 11.3 Å². The number of benzene rings is 2. The van der Waals surface area contributed by atoms with Gasteiger partial charge in [0.15, 0.2) is 0 Å². The summed E-state index contributed by atoms with van der Waals surface area (Å²) in [6.45, 7) is 1.28. The number of hydrogen-bond donors (Lipinski definition) is 0. The zero-order chi connectivity index (χ0) is 16.5. The molecule has 1 unspecified atom stereocenters. The molecule has 0 radical (unpaired) electrons. The van der Waals surface area contributed by atoms with Crippen LogP contribution in [-0.2, 0) is 0 Å². The van der Waals surface area contributed by atoms with Crippen molar-refractivity contribution in [2.24, 2.45) is 0 Å². The number of thiazole rings is 1. The maximum Gasteiger partial charge on any atom is 0.256 e. The van der Waals surface area contributed by atoms with E-state index in [0.717, 1.165) is 23.4 Å². The summed E-state index contributed by atoms with van der Waals surface area (Å²) in [7, 11) is 0. The van der Waals surface area contributed by atoms with Gasteiger partial charge in [-0.3, -0.25) is 4.79 Å². The third kappa shape index (κ3) is 2.80. The van der Waals surface area contributed by atoms with E-state index in [1.165, 1.54) is 10.8 Å². The van der Waals surface area contributed by atoms with E-state index in [0.29, 0.717) is 13.1 Å². The highest BCUT2D eigenvalue weighted by Gasteiger charge is 2.28. The Morgan fingerprint density at radius 2 is 1.96 bits per heavy atom. The van der Waals surface area contributed by atoms with Crippen molar-refractivity contribution in [2.75, 3.05) is 13.1 Å². The summed E-state index contributed by atoms with van der Waals surface area (Å²) in [5, 5.41) is 1.07. The number of fused-ring (bicyclic) bond motifs is 1. The molecule has 3 nitrogen and oxygen atoms in total. The lowest BCUT2D eigenvalue weighted by Gasteiger charge is -2.32. The van der Waals surface area contributed by atoms with Crippen LogP contribution in [0, 0.1) is 5.82 Å². The molecule has 1 amide bonds. The summed E-state index contributed by atoms with van der Waals surface area (Å²) >= 11 is 1.69. The highest BCUT2D eigenvalue weighted by molar-refractivity contribution is 7.18. The first-order valence-corrected chi connectivity index (χ1v) is 8.93. The first kappa shape index (κ1) is 15.3. The minimum Gasteiger partial charge on any atom is -0.338 e. The van der Waals surface area contributed by atoms with Gasteiger partial charge in [0, 0.05) is 19.0 Å². The highest BCUT2D eigenvalue weighted by atomic mass is 32.1. The van der Waals surface area contributed by atoms with Crippen LogP contribution in [0.25, 0.3) is 10.2 Å². The second-order valence-corrected chi connectivity index (χ2v) is 7.15. The number of carbonyl (C=O) groups excluding carboxylic acids is 1. The smallest absolute Gasteiger partial charge is 0.256 e. The minimum absolute atomic E-state index is 0.155. The summed E-state index contributed by atoms with van der Waals surface area (Å²) in [5.41, 5.74) is 1.16. The molecule has 0 N–H and O–H groups in total. The molecule has 24 heavy (non-hydrogen) atoms. The summed E-state index contributed by atoms with van der Waals surface area (Å²) in [6.07, 6.45) is 1.93. The molecule has 1 fully saturated rings. The van der Waals surface area contributed by atoms with E-state index >= 15 is 0 Å². The van der Waals surface area contributed by atoms with E-state index in [4.69, 9.17) is 4.98 Å². The van der Waals surface area contributed by atoms with Gasteiger partial charge in [0.2, 0.25) is 0 Å². The molecule has 1 saturated heterocycles. The van der Waals surface area contributed by atoms with Crippen molar-refractivity contribution in [1.82, 2.24) is 9.88 Å². The number of hydrogen-bond acceptors (Lipinski definition) is 3. The average Bonchev–Trinajstić information content (AvgIpc) is 3.06. The number of piperidine rings is 1. The van der Waals surface area contributed by atoms with Crippen molar-refractivity contribution in [1.29, 1.82) is 0 Å². The Morgan fingerprint density at radius 3 is 2.79 bits per heavy atom. The van der Waals surface area contributed by atoms with Crippen LogP contribution in [-0.4, -0.2) is 28.9 Å². The Morgan fingerprint density at radius 1 is 1.17 bits per heavy atom. The summed E-state index contributed by atoms with van der Waals surface area (Å²) in [6, 6.07) is 14.3. The Kier molecular flexibility index (Phi) is 4.02. The molecule has 0 aliphatic carbocycles. The molecule has 2 aromatic carbocycles. The van der Waals surface area contributed by atoms with Crippen LogP contribution in [0.2, 0.25) is 0 Å². The van der Waals surface area contributed by atoms with Crippen LogP contribution >= 0.6 is 11.3 Å². The number of nitrogens with zero attached hydrogens (tertiary/aromatic N) is 2. The van der Waals surface area contributed by atoms with Gasteiger partial charge in [0.25, 0.3) is 5.91 Å². The number of likely N-dealkylation sites (tertiary alicyclic amines) is 1. The van der Waals surface area contributed by atoms with Gasteiger partial charge >= 0.3 is 0 Å². The van der Waals surface area contributed by atoms with Crippen molar-refractivity contribution in [2.45, 2.75) is 18.8 Å². The van der Waals surface area contributed by atoms with Crippen molar-refractivity contribution in [3.63, 3.8) is 0 Å². The molecule has 3 aromatic rings. The Labute approximate surface area is 143 Å². The van der Waals surface area contributed by atoms with Gasteiger partial charge in [-0.05, 0) is 37.1 Å². The maximum absolute atomic E-state index is 13.9. The molecule has 0 spiro atoms. The molecule has 5 heteroatoms. The normalized spacial score (nSPS) is 18.0. The van der Waals surface area contributed by atoms with Gasteiger partial charge in [-0.25, -0.2) is 9.37 Å². The Bertz CT molecular complexity index is 859. The van der Waals surface area contributed by atoms with Crippen LogP contribution < -0.4 is 0 Å². The molecular formula is C19H17FN2OS. The van der Waals surface area contributed by atoms with Crippen molar-refractivity contribution < 1.29 is 9.18 Å². The lowest BCUT2D eigenvalue weighted by Crippen LogP contribution is -2.39. The van der Waals surface area contributed by atoms with Crippen LogP contribution in [0.3, 0.4) is 0 Å². The third-order valence-electron chi connectivity index (χ3n) is 4.47. The molecular weight excluding hydrogens is 323 g/mol. The molecule has 1 atom stereocenters. The fraction of sp³-hybridized carbons (Fsp3) is 0.263.